The van der Waals surface area contributed by atoms with Gasteiger partial charge in [-0.3, -0.25) is 24.1 Å². The van der Waals surface area contributed by atoms with Gasteiger partial charge in [-0.05, 0) is 68.3 Å². The van der Waals surface area contributed by atoms with E-state index < -0.39 is 0 Å². The molecule has 2 bridgehead atoms. The molecule has 1 saturated carbocycles. The minimum Gasteiger partial charge on any atom is -0.369 e. The van der Waals surface area contributed by atoms with Crippen molar-refractivity contribution in [2.75, 3.05) is 31.5 Å². The molecule has 5 rings (SSSR count). The number of carbonyl (C=O) groups excluding carboxylic acids is 4. The van der Waals surface area contributed by atoms with Gasteiger partial charge in [0.2, 0.25) is 23.6 Å². The summed E-state index contributed by atoms with van der Waals surface area (Å²) in [5.74, 6) is -1.22. The Kier molecular flexibility index (Phi) is 5.78. The number of carbonyl (C=O) groups is 4. The number of imide groups is 1. The smallest absolute Gasteiger partial charge is 0.244 e. The van der Waals surface area contributed by atoms with Crippen LogP contribution in [0.5, 0.6) is 0 Å². The molecule has 3 N–H and O–H groups in total. The van der Waals surface area contributed by atoms with E-state index in [0.717, 1.165) is 55.8 Å². The number of likely N-dealkylation sites (tertiary alicyclic amines) is 2. The second-order valence-electron chi connectivity index (χ2n) is 9.78. The van der Waals surface area contributed by atoms with E-state index in [4.69, 9.17) is 5.73 Å². The first-order chi connectivity index (χ1) is 15.9. The molecule has 2 aliphatic heterocycles. The number of primary amides is 1. The first kappa shape index (κ1) is 21.8. The summed E-state index contributed by atoms with van der Waals surface area (Å²) in [5, 5.41) is 2.81. The van der Waals surface area contributed by atoms with E-state index in [1.54, 1.807) is 0 Å². The summed E-state index contributed by atoms with van der Waals surface area (Å²) in [5.41, 5.74) is 7.20. The van der Waals surface area contributed by atoms with Crippen molar-refractivity contribution in [3.8, 4) is 0 Å². The highest BCUT2D eigenvalue weighted by Gasteiger charge is 2.59. The Morgan fingerprint density at radius 2 is 1.58 bits per heavy atom. The van der Waals surface area contributed by atoms with Crippen LogP contribution in [0.3, 0.4) is 0 Å². The molecule has 0 aromatic heterocycles. The van der Waals surface area contributed by atoms with Crippen LogP contribution in [0.2, 0.25) is 0 Å². The number of nitrogens with zero attached hydrogens (tertiary/aromatic N) is 2. The number of fused-ring (bicyclic) bond motifs is 5. The number of allylic oxidation sites excluding steroid dienone is 2. The molecule has 4 atom stereocenters. The maximum absolute atomic E-state index is 12.7. The first-order valence-electron chi connectivity index (χ1n) is 11.8. The van der Waals surface area contributed by atoms with Crippen LogP contribution in [0, 0.1) is 29.6 Å². The van der Waals surface area contributed by atoms with Crippen LogP contribution >= 0.6 is 0 Å². The van der Waals surface area contributed by atoms with Crippen molar-refractivity contribution in [2.24, 2.45) is 35.3 Å². The fourth-order valence-electron chi connectivity index (χ4n) is 5.95. The monoisotopic (exact) mass is 450 g/mol. The minimum atomic E-state index is -0.359. The second kappa shape index (κ2) is 8.74. The highest BCUT2D eigenvalue weighted by Crippen LogP contribution is 2.52. The van der Waals surface area contributed by atoms with Crippen molar-refractivity contribution < 1.29 is 19.2 Å². The Bertz CT molecular complexity index is 966. The predicted molar refractivity (Wildman–Crippen MR) is 122 cm³/mol. The quantitative estimate of drug-likeness (QED) is 0.478. The predicted octanol–water partition coefficient (Wildman–Crippen LogP) is 1.17. The summed E-state index contributed by atoms with van der Waals surface area (Å²) in [6, 6.07) is 7.65. The Hall–Kier alpha value is -3.00. The molecule has 2 saturated heterocycles. The van der Waals surface area contributed by atoms with E-state index in [1.165, 1.54) is 0 Å². The SMILES string of the molecule is NC(=O)C1CCN(CCc2ccc(NC(=O)CN3C(=O)C4C5C=CC(C5)C4C3=O)cc2)CC1. The van der Waals surface area contributed by atoms with Gasteiger partial charge in [0.1, 0.15) is 6.54 Å². The highest BCUT2D eigenvalue weighted by molar-refractivity contribution is 6.09. The third-order valence-electron chi connectivity index (χ3n) is 7.81. The normalized spacial score (nSPS) is 29.0. The van der Waals surface area contributed by atoms with Crippen LogP contribution in [0.4, 0.5) is 5.69 Å². The number of anilines is 1. The van der Waals surface area contributed by atoms with Gasteiger partial charge >= 0.3 is 0 Å². The summed E-state index contributed by atoms with van der Waals surface area (Å²) < 4.78 is 0. The first-order valence-corrected chi connectivity index (χ1v) is 11.8. The van der Waals surface area contributed by atoms with E-state index in [-0.39, 0.29) is 59.8 Å². The zero-order valence-corrected chi connectivity index (χ0v) is 18.6. The van der Waals surface area contributed by atoms with E-state index in [0.29, 0.717) is 5.69 Å². The van der Waals surface area contributed by atoms with Gasteiger partial charge in [-0.15, -0.1) is 0 Å². The van der Waals surface area contributed by atoms with Crippen molar-refractivity contribution in [3.05, 3.63) is 42.0 Å². The summed E-state index contributed by atoms with van der Waals surface area (Å²) in [6.07, 6.45) is 7.50. The third kappa shape index (κ3) is 4.19. The zero-order valence-electron chi connectivity index (χ0n) is 18.6. The molecule has 33 heavy (non-hydrogen) atoms. The fourth-order valence-corrected chi connectivity index (χ4v) is 5.95. The topological polar surface area (TPSA) is 113 Å². The van der Waals surface area contributed by atoms with Crippen molar-refractivity contribution in [1.29, 1.82) is 0 Å². The summed E-state index contributed by atoms with van der Waals surface area (Å²) in [4.78, 5) is 52.8. The number of benzene rings is 1. The molecule has 8 nitrogen and oxygen atoms in total. The van der Waals surface area contributed by atoms with E-state index >= 15 is 0 Å². The minimum absolute atomic E-state index is 0.00157. The molecule has 4 amide bonds. The largest absolute Gasteiger partial charge is 0.369 e. The number of rotatable bonds is 7. The summed E-state index contributed by atoms with van der Waals surface area (Å²) >= 11 is 0. The summed E-state index contributed by atoms with van der Waals surface area (Å²) in [7, 11) is 0. The molecule has 2 heterocycles. The van der Waals surface area contributed by atoms with Crippen LogP contribution in [-0.2, 0) is 25.6 Å². The summed E-state index contributed by atoms with van der Waals surface area (Å²) in [6.45, 7) is 2.45. The zero-order chi connectivity index (χ0) is 23.1. The number of nitrogens with one attached hydrogen (secondary N) is 1. The number of amides is 4. The maximum Gasteiger partial charge on any atom is 0.244 e. The lowest BCUT2D eigenvalue weighted by Gasteiger charge is -2.30. The molecular weight excluding hydrogens is 420 g/mol. The molecule has 2 aliphatic carbocycles. The highest BCUT2D eigenvalue weighted by atomic mass is 16.2. The molecule has 1 aromatic carbocycles. The lowest BCUT2D eigenvalue weighted by molar-refractivity contribution is -0.143. The molecule has 174 valence electrons. The van der Waals surface area contributed by atoms with Gasteiger partial charge in [-0.25, -0.2) is 0 Å². The Balaban J connectivity index is 1.09. The Morgan fingerprint density at radius 3 is 2.15 bits per heavy atom. The standard InChI is InChI=1S/C25H30N4O4/c26-23(31)16-8-11-28(12-9-16)10-7-15-1-5-19(6-2-15)27-20(30)14-29-24(32)21-17-3-4-18(13-17)22(21)25(29)33/h1-6,16-18,21-22H,7-14H2,(H2,26,31)(H,27,30). The van der Waals surface area contributed by atoms with Gasteiger partial charge in [0.15, 0.2) is 0 Å². The van der Waals surface area contributed by atoms with Crippen LogP contribution < -0.4 is 11.1 Å². The third-order valence-corrected chi connectivity index (χ3v) is 7.81. The molecule has 1 aromatic rings. The average molecular weight is 451 g/mol. The molecule has 8 heteroatoms. The fraction of sp³-hybridized carbons (Fsp3) is 0.520. The van der Waals surface area contributed by atoms with Crippen molar-refractivity contribution in [2.45, 2.75) is 25.7 Å². The molecular formula is C25H30N4O4. The number of hydrogen-bond donors (Lipinski definition) is 2. The van der Waals surface area contributed by atoms with E-state index in [1.807, 2.05) is 36.4 Å². The van der Waals surface area contributed by atoms with Crippen molar-refractivity contribution in [3.63, 3.8) is 0 Å². The maximum atomic E-state index is 12.7. The van der Waals surface area contributed by atoms with Gasteiger partial charge in [-0.1, -0.05) is 24.3 Å². The van der Waals surface area contributed by atoms with Crippen LogP contribution in [0.25, 0.3) is 0 Å². The van der Waals surface area contributed by atoms with Crippen LogP contribution in [0.1, 0.15) is 24.8 Å². The van der Waals surface area contributed by atoms with Gasteiger partial charge in [-0.2, -0.15) is 0 Å². The average Bonchev–Trinajstić information content (AvgIpc) is 3.49. The molecule has 0 spiro atoms. The van der Waals surface area contributed by atoms with E-state index in [9.17, 15) is 19.2 Å². The van der Waals surface area contributed by atoms with Crippen LogP contribution in [0.15, 0.2) is 36.4 Å². The van der Waals surface area contributed by atoms with E-state index in [2.05, 4.69) is 10.2 Å². The van der Waals surface area contributed by atoms with Gasteiger partial charge < -0.3 is 16.0 Å². The second-order valence-corrected chi connectivity index (χ2v) is 9.78. The molecule has 0 radical (unpaired) electrons. The van der Waals surface area contributed by atoms with Crippen molar-refractivity contribution >= 4 is 29.3 Å². The van der Waals surface area contributed by atoms with Gasteiger partial charge in [0.05, 0.1) is 11.8 Å². The van der Waals surface area contributed by atoms with Gasteiger partial charge in [0.25, 0.3) is 0 Å². The van der Waals surface area contributed by atoms with Crippen molar-refractivity contribution in [1.82, 2.24) is 9.80 Å². The number of hydrogen-bond acceptors (Lipinski definition) is 5. The molecule has 4 unspecified atom stereocenters. The Morgan fingerprint density at radius 1 is 0.970 bits per heavy atom. The number of nitrogens with two attached hydrogens (primary N) is 1. The lowest BCUT2D eigenvalue weighted by atomic mass is 9.85. The van der Waals surface area contributed by atoms with Crippen LogP contribution in [-0.4, -0.2) is 59.6 Å². The number of piperidine rings is 1. The Labute approximate surface area is 193 Å². The van der Waals surface area contributed by atoms with Gasteiger partial charge in [0, 0.05) is 18.2 Å². The molecule has 3 fully saturated rings. The molecule has 4 aliphatic rings. The lowest BCUT2D eigenvalue weighted by Crippen LogP contribution is -2.39.